The van der Waals surface area contributed by atoms with Gasteiger partial charge in [-0.2, -0.15) is 0 Å². The van der Waals surface area contributed by atoms with E-state index in [4.69, 9.17) is 10.2 Å². The summed E-state index contributed by atoms with van der Waals surface area (Å²) < 4.78 is 0. The minimum Gasteiger partial charge on any atom is -0.481 e. The average Bonchev–Trinajstić information content (AvgIpc) is 3.20. The van der Waals surface area contributed by atoms with Gasteiger partial charge in [-0.05, 0) is 66.5 Å². The van der Waals surface area contributed by atoms with Gasteiger partial charge in [0.25, 0.3) is 0 Å². The standard InChI is InChI=1S/C45H66N6O11/c1-31(2)48(38(53)19-21-44(59)60)29-42(57)50(33(5)6)27-40(55)46(23-35-15-11-9-12-16-35)25-37(52)26-47(24-36-17-13-10-14-18-36)41(56)28-51(34(7)8)43(58)30-49(32(3)4)39(54)20-22-45(61)62/h9-18,31-34,37,52H,19-30H2,1-8H3,(H,59,60)(H,61,62). The molecule has 0 bridgehead atoms. The lowest BCUT2D eigenvalue weighted by atomic mass is 10.1. The minimum atomic E-state index is -1.30. The number of aliphatic carboxylic acids is 2. The number of hydrogen-bond donors (Lipinski definition) is 3. The third-order valence-electron chi connectivity index (χ3n) is 10.1. The predicted molar refractivity (Wildman–Crippen MR) is 231 cm³/mol. The Labute approximate surface area is 365 Å². The number of benzene rings is 2. The SMILES string of the molecule is CC(C)N(CC(=O)N(Cc1ccccc1)CC(O)CN(Cc1ccccc1)C(=O)CN(C(=O)CN(C(=O)CCC(=O)O)C(C)C)C(C)C)C(=O)CN(C(=O)CCC(=O)O)C(C)C. The number of rotatable bonds is 26. The van der Waals surface area contributed by atoms with Crippen LogP contribution in [0.3, 0.4) is 0 Å². The van der Waals surface area contributed by atoms with E-state index in [1.165, 1.54) is 29.4 Å². The number of hydrogen-bond acceptors (Lipinski definition) is 9. The normalized spacial score (nSPS) is 11.2. The zero-order valence-corrected chi connectivity index (χ0v) is 37.4. The van der Waals surface area contributed by atoms with Crippen LogP contribution < -0.4 is 0 Å². The molecule has 6 amide bonds. The zero-order chi connectivity index (χ0) is 46.7. The molecule has 342 valence electrons. The van der Waals surface area contributed by atoms with Crippen LogP contribution in [-0.4, -0.2) is 162 Å². The smallest absolute Gasteiger partial charge is 0.303 e. The average molecular weight is 867 g/mol. The van der Waals surface area contributed by atoms with Crippen molar-refractivity contribution >= 4 is 47.4 Å². The van der Waals surface area contributed by atoms with Crippen LogP contribution in [0.4, 0.5) is 0 Å². The van der Waals surface area contributed by atoms with Gasteiger partial charge in [0, 0.05) is 63.2 Å². The summed E-state index contributed by atoms with van der Waals surface area (Å²) >= 11 is 0. The molecule has 0 aliphatic carbocycles. The van der Waals surface area contributed by atoms with Crippen LogP contribution in [0, 0.1) is 0 Å². The Morgan fingerprint density at radius 3 is 0.968 bits per heavy atom. The molecule has 2 aromatic rings. The Kier molecular flexibility index (Phi) is 21.8. The first kappa shape index (κ1) is 52.3. The summed E-state index contributed by atoms with van der Waals surface area (Å²) in [5, 5.41) is 29.8. The van der Waals surface area contributed by atoms with Gasteiger partial charge in [-0.25, -0.2) is 0 Å². The number of amides is 6. The summed E-state index contributed by atoms with van der Waals surface area (Å²) in [5.41, 5.74) is 1.48. The van der Waals surface area contributed by atoms with E-state index in [0.717, 1.165) is 11.1 Å². The molecule has 17 heteroatoms. The van der Waals surface area contributed by atoms with Gasteiger partial charge in [0.2, 0.25) is 35.4 Å². The lowest BCUT2D eigenvalue weighted by Crippen LogP contribution is -2.53. The fourth-order valence-electron chi connectivity index (χ4n) is 6.60. The van der Waals surface area contributed by atoms with Gasteiger partial charge < -0.3 is 44.7 Å². The molecular weight excluding hydrogens is 801 g/mol. The quantitative estimate of drug-likeness (QED) is 0.125. The molecule has 0 aromatic heterocycles. The number of aliphatic hydroxyl groups excluding tert-OH is 1. The van der Waals surface area contributed by atoms with Crippen molar-refractivity contribution in [1.82, 2.24) is 29.4 Å². The van der Waals surface area contributed by atoms with E-state index in [0.29, 0.717) is 0 Å². The highest BCUT2D eigenvalue weighted by molar-refractivity contribution is 5.90. The van der Waals surface area contributed by atoms with E-state index in [1.54, 1.807) is 79.7 Å². The molecule has 0 heterocycles. The molecule has 62 heavy (non-hydrogen) atoms. The van der Waals surface area contributed by atoms with Crippen LogP contribution in [0.5, 0.6) is 0 Å². The van der Waals surface area contributed by atoms with E-state index in [-0.39, 0.29) is 52.1 Å². The first-order valence-corrected chi connectivity index (χ1v) is 21.0. The van der Waals surface area contributed by atoms with E-state index >= 15 is 0 Å². The third kappa shape index (κ3) is 18.0. The van der Waals surface area contributed by atoms with Crippen molar-refractivity contribution in [1.29, 1.82) is 0 Å². The lowest BCUT2D eigenvalue weighted by Gasteiger charge is -2.35. The van der Waals surface area contributed by atoms with Crippen LogP contribution in [0.15, 0.2) is 60.7 Å². The Morgan fingerprint density at radius 1 is 0.419 bits per heavy atom. The second-order valence-corrected chi connectivity index (χ2v) is 16.4. The number of aliphatic hydroxyl groups is 1. The molecule has 0 atom stereocenters. The fraction of sp³-hybridized carbons (Fsp3) is 0.556. The molecular formula is C45H66N6O11. The predicted octanol–water partition coefficient (Wildman–Crippen LogP) is 3.08. The topological polar surface area (TPSA) is 217 Å². The van der Waals surface area contributed by atoms with Crippen molar-refractivity contribution < 1.29 is 53.7 Å². The first-order chi connectivity index (χ1) is 29.1. The minimum absolute atomic E-state index is 0.0580. The van der Waals surface area contributed by atoms with Gasteiger partial charge in [-0.3, -0.25) is 38.4 Å². The second kappa shape index (κ2) is 25.8. The largest absolute Gasteiger partial charge is 0.481 e. The molecule has 2 aromatic carbocycles. The maximum absolute atomic E-state index is 14.2. The second-order valence-electron chi connectivity index (χ2n) is 16.4. The molecule has 0 radical (unpaired) electrons. The highest BCUT2D eigenvalue weighted by atomic mass is 16.4. The summed E-state index contributed by atoms with van der Waals surface area (Å²) in [6.45, 7) is 11.8. The van der Waals surface area contributed by atoms with Crippen LogP contribution in [0.1, 0.15) is 92.2 Å². The Morgan fingerprint density at radius 2 is 0.694 bits per heavy atom. The van der Waals surface area contributed by atoms with Crippen molar-refractivity contribution in [2.45, 2.75) is 124 Å². The lowest BCUT2D eigenvalue weighted by molar-refractivity contribution is -0.148. The molecule has 0 aliphatic heterocycles. The van der Waals surface area contributed by atoms with Crippen molar-refractivity contribution in [3.8, 4) is 0 Å². The summed E-state index contributed by atoms with van der Waals surface area (Å²) in [5.74, 6) is -5.34. The molecule has 0 fully saturated rings. The van der Waals surface area contributed by atoms with Gasteiger partial charge in [0.05, 0.1) is 32.0 Å². The number of carbonyl (C=O) groups is 8. The van der Waals surface area contributed by atoms with Crippen LogP contribution in [0.25, 0.3) is 0 Å². The van der Waals surface area contributed by atoms with E-state index in [9.17, 15) is 43.5 Å². The van der Waals surface area contributed by atoms with Gasteiger partial charge in [-0.1, -0.05) is 60.7 Å². The van der Waals surface area contributed by atoms with Crippen molar-refractivity contribution in [2.75, 3.05) is 39.3 Å². The third-order valence-corrected chi connectivity index (χ3v) is 10.1. The molecule has 0 saturated carbocycles. The molecule has 0 unspecified atom stereocenters. The van der Waals surface area contributed by atoms with Gasteiger partial charge in [-0.15, -0.1) is 0 Å². The summed E-state index contributed by atoms with van der Waals surface area (Å²) in [6, 6.07) is 16.3. The monoisotopic (exact) mass is 866 g/mol. The first-order valence-electron chi connectivity index (χ1n) is 21.0. The molecule has 0 aliphatic rings. The maximum atomic E-state index is 14.2. The highest BCUT2D eigenvalue weighted by Crippen LogP contribution is 2.15. The molecule has 3 N–H and O–H groups in total. The highest BCUT2D eigenvalue weighted by Gasteiger charge is 2.31. The number of carbonyl (C=O) groups excluding carboxylic acids is 6. The molecule has 2 rings (SSSR count). The Hall–Kier alpha value is -5.84. The van der Waals surface area contributed by atoms with E-state index in [2.05, 4.69) is 0 Å². The van der Waals surface area contributed by atoms with E-state index < -0.39 is 104 Å². The van der Waals surface area contributed by atoms with Crippen LogP contribution in [-0.2, 0) is 51.4 Å². The van der Waals surface area contributed by atoms with Crippen molar-refractivity contribution in [3.63, 3.8) is 0 Å². The Balaban J connectivity index is 2.39. The zero-order valence-electron chi connectivity index (χ0n) is 37.4. The number of carboxylic acid groups (broad SMARTS) is 2. The van der Waals surface area contributed by atoms with Gasteiger partial charge >= 0.3 is 11.9 Å². The van der Waals surface area contributed by atoms with E-state index in [1.807, 2.05) is 36.4 Å². The van der Waals surface area contributed by atoms with Crippen molar-refractivity contribution in [2.24, 2.45) is 0 Å². The van der Waals surface area contributed by atoms with Gasteiger partial charge in [0.15, 0.2) is 0 Å². The molecule has 0 saturated heterocycles. The van der Waals surface area contributed by atoms with Crippen LogP contribution in [0.2, 0.25) is 0 Å². The van der Waals surface area contributed by atoms with Crippen molar-refractivity contribution in [3.05, 3.63) is 71.8 Å². The number of nitrogens with zero attached hydrogens (tertiary/aromatic N) is 6. The number of carboxylic acids is 2. The maximum Gasteiger partial charge on any atom is 0.303 e. The molecule has 0 spiro atoms. The van der Waals surface area contributed by atoms with Crippen LogP contribution >= 0.6 is 0 Å². The summed E-state index contributed by atoms with van der Waals surface area (Å²) in [7, 11) is 0. The summed E-state index contributed by atoms with van der Waals surface area (Å²) in [4.78, 5) is 112. The molecule has 17 nitrogen and oxygen atoms in total. The Bertz CT molecular complexity index is 1680. The summed E-state index contributed by atoms with van der Waals surface area (Å²) in [6.07, 6.45) is -2.65. The fourth-order valence-corrected chi connectivity index (χ4v) is 6.60. The van der Waals surface area contributed by atoms with Gasteiger partial charge in [0.1, 0.15) is 13.1 Å².